The van der Waals surface area contributed by atoms with Gasteiger partial charge in [0.25, 0.3) is 0 Å². The molecule has 0 aliphatic heterocycles. The molecule has 11 aromatic rings. The van der Waals surface area contributed by atoms with Crippen molar-refractivity contribution in [2.24, 2.45) is 0 Å². The van der Waals surface area contributed by atoms with Gasteiger partial charge in [0, 0.05) is 44.0 Å². The predicted octanol–water partition coefficient (Wildman–Crippen LogP) is 15.1. The van der Waals surface area contributed by atoms with Gasteiger partial charge in [-0.15, -0.1) is 0 Å². The van der Waals surface area contributed by atoms with Gasteiger partial charge in [-0.2, -0.15) is 0 Å². The fourth-order valence-corrected chi connectivity index (χ4v) is 8.26. The van der Waals surface area contributed by atoms with Crippen LogP contribution in [0.4, 0.5) is 17.1 Å². The molecule has 0 amide bonds. The largest absolute Gasteiger partial charge is 0.456 e. The molecule has 0 unspecified atom stereocenters. The third-order valence-corrected chi connectivity index (χ3v) is 10.9. The van der Waals surface area contributed by atoms with Crippen LogP contribution >= 0.6 is 0 Å². The van der Waals surface area contributed by atoms with E-state index in [0.29, 0.717) is 0 Å². The number of para-hydroxylation sites is 4. The minimum absolute atomic E-state index is 0.868. The lowest BCUT2D eigenvalue weighted by molar-refractivity contribution is 0.669. The lowest BCUT2D eigenvalue weighted by Crippen LogP contribution is -2.11. The average Bonchev–Trinajstić information content (AvgIpc) is 3.83. The van der Waals surface area contributed by atoms with Crippen LogP contribution in [-0.2, 0) is 0 Å². The number of fused-ring (bicyclic) bond motifs is 7. The molecular weight excluding hydrogens is 671 g/mol. The van der Waals surface area contributed by atoms with Gasteiger partial charge < -0.3 is 13.7 Å². The molecule has 55 heavy (non-hydrogen) atoms. The van der Waals surface area contributed by atoms with E-state index >= 15 is 0 Å². The maximum absolute atomic E-state index is 6.57. The Morgan fingerprint density at radius 2 is 0.836 bits per heavy atom. The fourth-order valence-electron chi connectivity index (χ4n) is 8.26. The predicted molar refractivity (Wildman–Crippen MR) is 229 cm³/mol. The Labute approximate surface area is 317 Å². The second kappa shape index (κ2) is 12.6. The first-order valence-electron chi connectivity index (χ1n) is 18.7. The molecule has 0 aliphatic rings. The summed E-state index contributed by atoms with van der Waals surface area (Å²) >= 11 is 0. The van der Waals surface area contributed by atoms with Crippen molar-refractivity contribution in [3.63, 3.8) is 0 Å². The zero-order valence-electron chi connectivity index (χ0n) is 29.8. The van der Waals surface area contributed by atoms with E-state index in [1.54, 1.807) is 0 Å². The van der Waals surface area contributed by atoms with Gasteiger partial charge in [0.05, 0.1) is 5.69 Å². The van der Waals surface area contributed by atoms with Crippen LogP contribution in [0.3, 0.4) is 0 Å². The quantitative estimate of drug-likeness (QED) is 0.173. The van der Waals surface area contributed by atoms with Crippen LogP contribution in [0.15, 0.2) is 209 Å². The molecule has 2 aromatic heterocycles. The van der Waals surface area contributed by atoms with Crippen LogP contribution in [0.5, 0.6) is 0 Å². The maximum atomic E-state index is 6.57. The minimum Gasteiger partial charge on any atom is -0.456 e. The van der Waals surface area contributed by atoms with Crippen molar-refractivity contribution in [3.8, 4) is 33.4 Å². The van der Waals surface area contributed by atoms with Crippen LogP contribution < -0.4 is 4.90 Å². The SMILES string of the molecule is c1ccc(N(c2ccc(-c3ccc(-c4cccc5ccccc45)cc3)cc2)c2ccc3oc4ccccc4c3c2)c(-c2cccc3c2oc2ccccc23)c1. The highest BCUT2D eigenvalue weighted by Gasteiger charge is 2.21. The molecule has 0 N–H and O–H groups in total. The van der Waals surface area contributed by atoms with Crippen molar-refractivity contribution in [1.82, 2.24) is 0 Å². The highest BCUT2D eigenvalue weighted by molar-refractivity contribution is 6.11. The van der Waals surface area contributed by atoms with E-state index in [9.17, 15) is 0 Å². The lowest BCUT2D eigenvalue weighted by atomic mass is 9.96. The van der Waals surface area contributed by atoms with E-state index in [-0.39, 0.29) is 0 Å². The molecule has 9 aromatic carbocycles. The number of rotatable bonds is 6. The Balaban J connectivity index is 1.04. The lowest BCUT2D eigenvalue weighted by Gasteiger charge is -2.28. The Morgan fingerprint density at radius 1 is 0.309 bits per heavy atom. The number of furan rings is 2. The summed E-state index contributed by atoms with van der Waals surface area (Å²) in [7, 11) is 0. The Morgan fingerprint density at radius 3 is 1.65 bits per heavy atom. The first-order chi connectivity index (χ1) is 27.3. The smallest absolute Gasteiger partial charge is 0.143 e. The topological polar surface area (TPSA) is 29.5 Å². The molecule has 0 saturated heterocycles. The Kier molecular flexibility index (Phi) is 7.17. The first-order valence-corrected chi connectivity index (χ1v) is 18.7. The van der Waals surface area contributed by atoms with Gasteiger partial charge in [-0.1, -0.05) is 152 Å². The number of hydrogen-bond donors (Lipinski definition) is 0. The van der Waals surface area contributed by atoms with Gasteiger partial charge in [0.1, 0.15) is 22.3 Å². The van der Waals surface area contributed by atoms with Crippen molar-refractivity contribution in [1.29, 1.82) is 0 Å². The molecule has 258 valence electrons. The van der Waals surface area contributed by atoms with Crippen molar-refractivity contribution in [2.45, 2.75) is 0 Å². The van der Waals surface area contributed by atoms with Crippen LogP contribution in [-0.4, -0.2) is 0 Å². The standard InChI is InChI=1S/C52H33NO2/c1-2-13-40-36(11-1)12-9-17-41(40)37-25-23-34(24-26-37)35-27-29-38(30-28-35)53(39-31-32-51-47(33-39)44-16-5-7-21-49(44)54-51)48-20-6-3-14-42(48)45-18-10-19-46-43-15-4-8-22-50(43)55-52(45)46/h1-33H. The van der Waals surface area contributed by atoms with Gasteiger partial charge in [-0.05, 0) is 81.6 Å². The summed E-state index contributed by atoms with van der Waals surface area (Å²) in [6.45, 7) is 0. The Hall–Kier alpha value is -7.36. The third kappa shape index (κ3) is 5.20. The summed E-state index contributed by atoms with van der Waals surface area (Å²) < 4.78 is 12.8. The van der Waals surface area contributed by atoms with E-state index in [4.69, 9.17) is 8.83 Å². The summed E-state index contributed by atoms with van der Waals surface area (Å²) in [4.78, 5) is 2.35. The van der Waals surface area contributed by atoms with E-state index in [0.717, 1.165) is 77.6 Å². The highest BCUT2D eigenvalue weighted by Crippen LogP contribution is 2.45. The van der Waals surface area contributed by atoms with E-state index in [1.165, 1.54) is 27.5 Å². The zero-order valence-corrected chi connectivity index (χ0v) is 29.8. The highest BCUT2D eigenvalue weighted by atomic mass is 16.3. The molecular formula is C52H33NO2. The minimum atomic E-state index is 0.868. The molecule has 3 heteroatoms. The van der Waals surface area contributed by atoms with Crippen LogP contribution in [0.1, 0.15) is 0 Å². The van der Waals surface area contributed by atoms with Gasteiger partial charge in [-0.3, -0.25) is 0 Å². The van der Waals surface area contributed by atoms with Crippen LogP contribution in [0.2, 0.25) is 0 Å². The maximum Gasteiger partial charge on any atom is 0.143 e. The monoisotopic (exact) mass is 703 g/mol. The molecule has 11 rings (SSSR count). The summed E-state index contributed by atoms with van der Waals surface area (Å²) in [5.74, 6) is 0. The number of benzene rings is 9. The normalized spacial score (nSPS) is 11.6. The molecule has 0 atom stereocenters. The third-order valence-electron chi connectivity index (χ3n) is 10.9. The van der Waals surface area contributed by atoms with Crippen molar-refractivity contribution in [2.75, 3.05) is 4.90 Å². The van der Waals surface area contributed by atoms with E-state index < -0.39 is 0 Å². The second-order valence-electron chi connectivity index (χ2n) is 14.1. The molecule has 0 saturated carbocycles. The molecule has 0 fully saturated rings. The second-order valence-corrected chi connectivity index (χ2v) is 14.1. The molecule has 0 bridgehead atoms. The van der Waals surface area contributed by atoms with Crippen LogP contribution in [0.25, 0.3) is 88.0 Å². The molecule has 3 nitrogen and oxygen atoms in total. The van der Waals surface area contributed by atoms with Crippen molar-refractivity contribution >= 4 is 71.7 Å². The average molecular weight is 704 g/mol. The summed E-state index contributed by atoms with van der Waals surface area (Å²) in [5, 5.41) is 6.92. The zero-order chi connectivity index (χ0) is 36.3. The first kappa shape index (κ1) is 31.2. The Bertz CT molecular complexity index is 3200. The van der Waals surface area contributed by atoms with Gasteiger partial charge in [0.15, 0.2) is 0 Å². The molecule has 0 aliphatic carbocycles. The van der Waals surface area contributed by atoms with Gasteiger partial charge in [-0.25, -0.2) is 0 Å². The van der Waals surface area contributed by atoms with Crippen molar-refractivity contribution in [3.05, 3.63) is 200 Å². The number of nitrogens with zero attached hydrogens (tertiary/aromatic N) is 1. The number of hydrogen-bond acceptors (Lipinski definition) is 3. The molecule has 0 spiro atoms. The molecule has 2 heterocycles. The van der Waals surface area contributed by atoms with E-state index in [2.05, 4.69) is 181 Å². The van der Waals surface area contributed by atoms with Gasteiger partial charge in [0.2, 0.25) is 0 Å². The summed E-state index contributed by atoms with van der Waals surface area (Å²) in [5.41, 5.74) is 13.6. The molecule has 0 radical (unpaired) electrons. The summed E-state index contributed by atoms with van der Waals surface area (Å²) in [6, 6.07) is 71.0. The van der Waals surface area contributed by atoms with E-state index in [1.807, 2.05) is 24.3 Å². The van der Waals surface area contributed by atoms with Crippen molar-refractivity contribution < 1.29 is 8.83 Å². The fraction of sp³-hybridized carbons (Fsp3) is 0. The van der Waals surface area contributed by atoms with Crippen LogP contribution in [0, 0.1) is 0 Å². The number of anilines is 3. The van der Waals surface area contributed by atoms with Gasteiger partial charge >= 0.3 is 0 Å². The summed E-state index contributed by atoms with van der Waals surface area (Å²) in [6.07, 6.45) is 0.